The second kappa shape index (κ2) is 6.85. The van der Waals surface area contributed by atoms with Gasteiger partial charge in [-0.1, -0.05) is 0 Å². The van der Waals surface area contributed by atoms with E-state index in [4.69, 9.17) is 9.47 Å². The Bertz CT molecular complexity index is 529. The molecule has 0 aliphatic heterocycles. The van der Waals surface area contributed by atoms with Gasteiger partial charge in [0.25, 0.3) is 0 Å². The molecule has 0 saturated heterocycles. The summed E-state index contributed by atoms with van der Waals surface area (Å²) < 4.78 is 10.4. The fourth-order valence-electron chi connectivity index (χ4n) is 1.82. The van der Waals surface area contributed by atoms with Crippen LogP contribution in [-0.2, 0) is 11.2 Å². The number of methoxy groups -OCH3 is 1. The van der Waals surface area contributed by atoms with Crippen LogP contribution in [0.3, 0.4) is 0 Å². The third kappa shape index (κ3) is 4.34. The van der Waals surface area contributed by atoms with E-state index in [1.165, 1.54) is 11.1 Å². The predicted molar refractivity (Wildman–Crippen MR) is 73.4 cm³/mol. The molecule has 0 spiro atoms. The number of aromatic nitrogens is 2. The van der Waals surface area contributed by atoms with Gasteiger partial charge < -0.3 is 9.47 Å². The monoisotopic (exact) mass is 258 g/mol. The number of aryl methyl sites for hydroxylation is 1. The zero-order valence-corrected chi connectivity index (χ0v) is 11.3. The SMILES string of the molecule is COCCOc1cc(Cc2ccnc(C)c2)ccn1. The number of hydrogen-bond donors (Lipinski definition) is 0. The predicted octanol–water partition coefficient (Wildman–Crippen LogP) is 2.40. The molecule has 0 saturated carbocycles. The van der Waals surface area contributed by atoms with Crippen LogP contribution in [0.25, 0.3) is 0 Å². The topological polar surface area (TPSA) is 44.2 Å². The van der Waals surface area contributed by atoms with Crippen LogP contribution >= 0.6 is 0 Å². The Hall–Kier alpha value is -1.94. The molecule has 0 amide bonds. The Morgan fingerprint density at radius 1 is 1.00 bits per heavy atom. The van der Waals surface area contributed by atoms with E-state index in [2.05, 4.69) is 16.0 Å². The molecule has 19 heavy (non-hydrogen) atoms. The van der Waals surface area contributed by atoms with Gasteiger partial charge >= 0.3 is 0 Å². The number of rotatable bonds is 6. The minimum absolute atomic E-state index is 0.515. The minimum atomic E-state index is 0.515. The normalized spacial score (nSPS) is 10.4. The first-order valence-corrected chi connectivity index (χ1v) is 6.26. The largest absolute Gasteiger partial charge is 0.475 e. The Labute approximate surface area is 113 Å². The maximum atomic E-state index is 5.50. The fourth-order valence-corrected chi connectivity index (χ4v) is 1.82. The highest BCUT2D eigenvalue weighted by Crippen LogP contribution is 2.14. The summed E-state index contributed by atoms with van der Waals surface area (Å²) >= 11 is 0. The minimum Gasteiger partial charge on any atom is -0.475 e. The van der Waals surface area contributed by atoms with E-state index in [0.29, 0.717) is 19.1 Å². The molecule has 0 fully saturated rings. The number of ether oxygens (including phenoxy) is 2. The second-order valence-electron chi connectivity index (χ2n) is 4.33. The standard InChI is InChI=1S/C15H18N2O2/c1-12-9-13(3-5-16-12)10-14-4-6-17-15(11-14)19-8-7-18-2/h3-6,9,11H,7-8,10H2,1-2H3. The lowest BCUT2D eigenvalue weighted by Crippen LogP contribution is -2.05. The quantitative estimate of drug-likeness (QED) is 0.746. The van der Waals surface area contributed by atoms with Gasteiger partial charge in [-0.25, -0.2) is 4.98 Å². The molecular weight excluding hydrogens is 240 g/mol. The van der Waals surface area contributed by atoms with Gasteiger partial charge in [-0.3, -0.25) is 4.98 Å². The molecule has 4 heteroatoms. The van der Waals surface area contributed by atoms with Crippen molar-refractivity contribution in [3.05, 3.63) is 53.5 Å². The zero-order chi connectivity index (χ0) is 13.5. The van der Waals surface area contributed by atoms with Gasteiger partial charge in [-0.2, -0.15) is 0 Å². The van der Waals surface area contributed by atoms with Gasteiger partial charge in [0, 0.05) is 31.3 Å². The summed E-state index contributed by atoms with van der Waals surface area (Å²) in [4.78, 5) is 8.38. The molecule has 0 aliphatic rings. The van der Waals surface area contributed by atoms with Crippen LogP contribution in [-0.4, -0.2) is 30.3 Å². The molecule has 2 aromatic rings. The Morgan fingerprint density at radius 3 is 2.47 bits per heavy atom. The third-order valence-corrected chi connectivity index (χ3v) is 2.71. The van der Waals surface area contributed by atoms with Crippen LogP contribution in [0.5, 0.6) is 5.88 Å². The molecule has 2 aromatic heterocycles. The molecular formula is C15H18N2O2. The first kappa shape index (κ1) is 13.5. The van der Waals surface area contributed by atoms with E-state index in [9.17, 15) is 0 Å². The summed E-state index contributed by atoms with van der Waals surface area (Å²) in [5.41, 5.74) is 3.44. The first-order chi connectivity index (χ1) is 9.28. The summed E-state index contributed by atoms with van der Waals surface area (Å²) in [6.45, 7) is 3.08. The van der Waals surface area contributed by atoms with Crippen molar-refractivity contribution in [2.45, 2.75) is 13.3 Å². The first-order valence-electron chi connectivity index (χ1n) is 6.26. The lowest BCUT2D eigenvalue weighted by Gasteiger charge is -2.07. The van der Waals surface area contributed by atoms with Crippen LogP contribution < -0.4 is 4.74 Å². The number of hydrogen-bond acceptors (Lipinski definition) is 4. The van der Waals surface area contributed by atoms with Crippen molar-refractivity contribution >= 4 is 0 Å². The average molecular weight is 258 g/mol. The smallest absolute Gasteiger partial charge is 0.213 e. The van der Waals surface area contributed by atoms with E-state index < -0.39 is 0 Å². The van der Waals surface area contributed by atoms with Crippen molar-refractivity contribution in [3.8, 4) is 5.88 Å². The summed E-state index contributed by atoms with van der Waals surface area (Å²) in [7, 11) is 1.65. The highest BCUT2D eigenvalue weighted by atomic mass is 16.5. The van der Waals surface area contributed by atoms with Crippen LogP contribution in [0.4, 0.5) is 0 Å². The number of pyridine rings is 2. The van der Waals surface area contributed by atoms with Gasteiger partial charge in [-0.15, -0.1) is 0 Å². The highest BCUT2D eigenvalue weighted by molar-refractivity contribution is 5.28. The molecule has 0 atom stereocenters. The number of nitrogens with zero attached hydrogens (tertiary/aromatic N) is 2. The van der Waals surface area contributed by atoms with E-state index in [1.54, 1.807) is 13.3 Å². The maximum absolute atomic E-state index is 5.50. The Morgan fingerprint density at radius 2 is 1.74 bits per heavy atom. The van der Waals surface area contributed by atoms with Crippen molar-refractivity contribution in [1.29, 1.82) is 0 Å². The Balaban J connectivity index is 2.02. The molecule has 2 heterocycles. The molecule has 0 unspecified atom stereocenters. The molecule has 0 radical (unpaired) electrons. The van der Waals surface area contributed by atoms with Crippen molar-refractivity contribution < 1.29 is 9.47 Å². The average Bonchev–Trinajstić information content (AvgIpc) is 2.39. The molecule has 100 valence electrons. The van der Waals surface area contributed by atoms with Crippen LogP contribution in [0.15, 0.2) is 36.7 Å². The van der Waals surface area contributed by atoms with Gasteiger partial charge in [0.05, 0.1) is 6.61 Å². The highest BCUT2D eigenvalue weighted by Gasteiger charge is 2.01. The Kier molecular flexibility index (Phi) is 4.86. The van der Waals surface area contributed by atoms with Crippen molar-refractivity contribution in [2.75, 3.05) is 20.3 Å². The van der Waals surface area contributed by atoms with Crippen LogP contribution in [0, 0.1) is 6.92 Å². The van der Waals surface area contributed by atoms with Crippen molar-refractivity contribution in [3.63, 3.8) is 0 Å². The molecule has 0 bridgehead atoms. The van der Waals surface area contributed by atoms with Crippen LogP contribution in [0.1, 0.15) is 16.8 Å². The zero-order valence-electron chi connectivity index (χ0n) is 11.3. The lowest BCUT2D eigenvalue weighted by atomic mass is 10.1. The van der Waals surface area contributed by atoms with E-state index in [1.807, 2.05) is 31.3 Å². The maximum Gasteiger partial charge on any atom is 0.213 e. The van der Waals surface area contributed by atoms with Gasteiger partial charge in [0.1, 0.15) is 6.61 Å². The van der Waals surface area contributed by atoms with E-state index in [0.717, 1.165) is 12.1 Å². The second-order valence-corrected chi connectivity index (χ2v) is 4.33. The van der Waals surface area contributed by atoms with Crippen LogP contribution in [0.2, 0.25) is 0 Å². The molecule has 0 aliphatic carbocycles. The van der Waals surface area contributed by atoms with Gasteiger partial charge in [0.2, 0.25) is 5.88 Å². The lowest BCUT2D eigenvalue weighted by molar-refractivity contribution is 0.143. The van der Waals surface area contributed by atoms with Crippen molar-refractivity contribution in [1.82, 2.24) is 9.97 Å². The van der Waals surface area contributed by atoms with Gasteiger partial charge in [0.15, 0.2) is 0 Å². The third-order valence-electron chi connectivity index (χ3n) is 2.71. The molecule has 0 N–H and O–H groups in total. The van der Waals surface area contributed by atoms with E-state index in [-0.39, 0.29) is 0 Å². The molecule has 0 aromatic carbocycles. The van der Waals surface area contributed by atoms with Gasteiger partial charge in [-0.05, 0) is 42.7 Å². The summed E-state index contributed by atoms with van der Waals surface area (Å²) in [6.07, 6.45) is 4.46. The van der Waals surface area contributed by atoms with E-state index >= 15 is 0 Å². The summed E-state index contributed by atoms with van der Waals surface area (Å²) in [5.74, 6) is 0.639. The fraction of sp³-hybridized carbons (Fsp3) is 0.333. The summed E-state index contributed by atoms with van der Waals surface area (Å²) in [6, 6.07) is 8.08. The summed E-state index contributed by atoms with van der Waals surface area (Å²) in [5, 5.41) is 0. The molecule has 2 rings (SSSR count). The van der Waals surface area contributed by atoms with Crippen molar-refractivity contribution in [2.24, 2.45) is 0 Å². The molecule has 4 nitrogen and oxygen atoms in total.